The standard InChI is InChI=1S/C20H25NO3/c1-13(2-3-14-4-8-18(22)9-5-14)21-17-7-6-15-11-19(23)20(24)12-16(15)10-17/h4-5,8-9,11-13,17,21-24H,2-3,6-7,10H2,1H3. The van der Waals surface area contributed by atoms with Crippen LogP contribution >= 0.6 is 0 Å². The minimum Gasteiger partial charge on any atom is -0.508 e. The fourth-order valence-electron chi connectivity index (χ4n) is 3.46. The molecule has 2 unspecified atom stereocenters. The van der Waals surface area contributed by atoms with E-state index in [1.165, 1.54) is 5.56 Å². The predicted octanol–water partition coefficient (Wildman–Crippen LogP) is 3.27. The van der Waals surface area contributed by atoms with Crippen molar-refractivity contribution in [3.8, 4) is 17.2 Å². The van der Waals surface area contributed by atoms with Gasteiger partial charge in [-0.05, 0) is 80.0 Å². The molecule has 3 rings (SSSR count). The summed E-state index contributed by atoms with van der Waals surface area (Å²) in [5, 5.41) is 32.3. The highest BCUT2D eigenvalue weighted by molar-refractivity contribution is 5.46. The lowest BCUT2D eigenvalue weighted by Crippen LogP contribution is -2.40. The van der Waals surface area contributed by atoms with Gasteiger partial charge >= 0.3 is 0 Å². The average Bonchev–Trinajstić information content (AvgIpc) is 2.56. The maximum atomic E-state index is 9.68. The van der Waals surface area contributed by atoms with E-state index in [0.717, 1.165) is 43.2 Å². The molecule has 128 valence electrons. The van der Waals surface area contributed by atoms with Crippen LogP contribution < -0.4 is 5.32 Å². The van der Waals surface area contributed by atoms with Crippen molar-refractivity contribution in [2.45, 2.75) is 51.1 Å². The molecule has 0 aromatic heterocycles. The number of fused-ring (bicyclic) bond motifs is 1. The lowest BCUT2D eigenvalue weighted by Gasteiger charge is -2.29. The van der Waals surface area contributed by atoms with Crippen molar-refractivity contribution < 1.29 is 15.3 Å². The molecular weight excluding hydrogens is 302 g/mol. The molecule has 0 aliphatic heterocycles. The first-order valence-corrected chi connectivity index (χ1v) is 8.59. The fourth-order valence-corrected chi connectivity index (χ4v) is 3.46. The van der Waals surface area contributed by atoms with Crippen molar-refractivity contribution in [2.24, 2.45) is 0 Å². The van der Waals surface area contributed by atoms with E-state index in [9.17, 15) is 15.3 Å². The van der Waals surface area contributed by atoms with E-state index >= 15 is 0 Å². The molecule has 4 nitrogen and oxygen atoms in total. The Morgan fingerprint density at radius 3 is 2.42 bits per heavy atom. The molecule has 1 aliphatic carbocycles. The lowest BCUT2D eigenvalue weighted by atomic mass is 9.87. The van der Waals surface area contributed by atoms with Gasteiger partial charge in [0.1, 0.15) is 5.75 Å². The Labute approximate surface area is 142 Å². The zero-order valence-electron chi connectivity index (χ0n) is 14.0. The van der Waals surface area contributed by atoms with Crippen LogP contribution in [0, 0.1) is 0 Å². The van der Waals surface area contributed by atoms with E-state index in [1.54, 1.807) is 24.3 Å². The summed E-state index contributed by atoms with van der Waals surface area (Å²) in [6.07, 6.45) is 4.86. The Morgan fingerprint density at radius 2 is 1.71 bits per heavy atom. The molecule has 2 aromatic carbocycles. The van der Waals surface area contributed by atoms with Gasteiger partial charge in [-0.15, -0.1) is 0 Å². The van der Waals surface area contributed by atoms with E-state index in [4.69, 9.17) is 0 Å². The highest BCUT2D eigenvalue weighted by Crippen LogP contribution is 2.32. The van der Waals surface area contributed by atoms with Gasteiger partial charge in [0.25, 0.3) is 0 Å². The summed E-state index contributed by atoms with van der Waals surface area (Å²) in [5.41, 5.74) is 3.50. The summed E-state index contributed by atoms with van der Waals surface area (Å²) in [6.45, 7) is 2.20. The number of rotatable bonds is 5. The molecule has 2 aromatic rings. The molecule has 2 atom stereocenters. The van der Waals surface area contributed by atoms with Crippen molar-refractivity contribution in [1.82, 2.24) is 5.32 Å². The van der Waals surface area contributed by atoms with E-state index in [1.807, 2.05) is 12.1 Å². The SMILES string of the molecule is CC(CCc1ccc(O)cc1)NC1CCc2cc(O)c(O)cc2C1. The smallest absolute Gasteiger partial charge is 0.157 e. The molecule has 0 saturated heterocycles. The summed E-state index contributed by atoms with van der Waals surface area (Å²) in [4.78, 5) is 0. The van der Waals surface area contributed by atoms with Crippen LogP contribution in [0.15, 0.2) is 36.4 Å². The van der Waals surface area contributed by atoms with Crippen molar-refractivity contribution in [1.29, 1.82) is 0 Å². The number of nitrogens with one attached hydrogen (secondary N) is 1. The zero-order chi connectivity index (χ0) is 17.1. The zero-order valence-corrected chi connectivity index (χ0v) is 14.0. The minimum absolute atomic E-state index is 0.0255. The molecule has 0 bridgehead atoms. The first-order chi connectivity index (χ1) is 11.5. The van der Waals surface area contributed by atoms with Gasteiger partial charge in [-0.2, -0.15) is 0 Å². The second kappa shape index (κ2) is 7.14. The second-order valence-electron chi connectivity index (χ2n) is 6.82. The summed E-state index contributed by atoms with van der Waals surface area (Å²) in [5.74, 6) is 0.247. The Balaban J connectivity index is 1.52. The highest BCUT2D eigenvalue weighted by atomic mass is 16.3. The number of aryl methyl sites for hydroxylation is 2. The quantitative estimate of drug-likeness (QED) is 0.636. The van der Waals surface area contributed by atoms with E-state index in [-0.39, 0.29) is 11.5 Å². The molecule has 4 N–H and O–H groups in total. The third-order valence-electron chi connectivity index (χ3n) is 4.85. The largest absolute Gasteiger partial charge is 0.508 e. The molecule has 0 heterocycles. The molecule has 4 heteroatoms. The lowest BCUT2D eigenvalue weighted by molar-refractivity contribution is 0.384. The van der Waals surface area contributed by atoms with E-state index in [0.29, 0.717) is 17.8 Å². The van der Waals surface area contributed by atoms with Crippen molar-refractivity contribution >= 4 is 0 Å². The first-order valence-electron chi connectivity index (χ1n) is 8.59. The third kappa shape index (κ3) is 4.01. The highest BCUT2D eigenvalue weighted by Gasteiger charge is 2.21. The summed E-state index contributed by atoms with van der Waals surface area (Å²) in [7, 11) is 0. The van der Waals surface area contributed by atoms with Crippen LogP contribution in [0.4, 0.5) is 0 Å². The average molecular weight is 327 g/mol. The Bertz CT molecular complexity index is 697. The summed E-state index contributed by atoms with van der Waals surface area (Å²) >= 11 is 0. The van der Waals surface area contributed by atoms with Crippen LogP contribution in [-0.2, 0) is 19.3 Å². The van der Waals surface area contributed by atoms with Crippen LogP contribution in [0.1, 0.15) is 36.5 Å². The first kappa shape index (κ1) is 16.7. The molecule has 0 saturated carbocycles. The van der Waals surface area contributed by atoms with Crippen molar-refractivity contribution in [2.75, 3.05) is 0 Å². The van der Waals surface area contributed by atoms with Gasteiger partial charge < -0.3 is 20.6 Å². The fraction of sp³-hybridized carbons (Fsp3) is 0.400. The number of phenolic OH excluding ortho intramolecular Hbond substituents is 3. The minimum atomic E-state index is -0.0326. The van der Waals surface area contributed by atoms with Gasteiger partial charge in [0, 0.05) is 12.1 Å². The van der Waals surface area contributed by atoms with Crippen molar-refractivity contribution in [3.63, 3.8) is 0 Å². The topological polar surface area (TPSA) is 72.7 Å². The van der Waals surface area contributed by atoms with Crippen LogP contribution in [0.2, 0.25) is 0 Å². The van der Waals surface area contributed by atoms with E-state index < -0.39 is 0 Å². The predicted molar refractivity (Wildman–Crippen MR) is 94.6 cm³/mol. The molecule has 0 radical (unpaired) electrons. The van der Waals surface area contributed by atoms with Gasteiger partial charge in [-0.1, -0.05) is 12.1 Å². The molecule has 24 heavy (non-hydrogen) atoms. The van der Waals surface area contributed by atoms with Crippen molar-refractivity contribution in [3.05, 3.63) is 53.1 Å². The van der Waals surface area contributed by atoms with Gasteiger partial charge in [0.05, 0.1) is 0 Å². The molecule has 0 spiro atoms. The molecule has 1 aliphatic rings. The molecule has 0 amide bonds. The summed E-state index contributed by atoms with van der Waals surface area (Å²) < 4.78 is 0. The number of phenols is 3. The number of hydrogen-bond donors (Lipinski definition) is 4. The normalized spacial score (nSPS) is 18.1. The summed E-state index contributed by atoms with van der Waals surface area (Å²) in [6, 6.07) is 11.6. The van der Waals surface area contributed by atoms with Crippen LogP contribution in [0.3, 0.4) is 0 Å². The maximum Gasteiger partial charge on any atom is 0.157 e. The van der Waals surface area contributed by atoms with Gasteiger partial charge in [0.2, 0.25) is 0 Å². The number of benzene rings is 2. The Kier molecular flexibility index (Phi) is 4.95. The van der Waals surface area contributed by atoms with Crippen LogP contribution in [-0.4, -0.2) is 27.4 Å². The second-order valence-corrected chi connectivity index (χ2v) is 6.82. The van der Waals surface area contributed by atoms with Crippen LogP contribution in [0.25, 0.3) is 0 Å². The molecular formula is C20H25NO3. The van der Waals surface area contributed by atoms with Crippen LogP contribution in [0.5, 0.6) is 17.2 Å². The van der Waals surface area contributed by atoms with E-state index in [2.05, 4.69) is 12.2 Å². The van der Waals surface area contributed by atoms with Gasteiger partial charge in [0.15, 0.2) is 11.5 Å². The maximum absolute atomic E-state index is 9.68. The monoisotopic (exact) mass is 327 g/mol. The number of hydrogen-bond acceptors (Lipinski definition) is 4. The Hall–Kier alpha value is -2.20. The van der Waals surface area contributed by atoms with Gasteiger partial charge in [-0.25, -0.2) is 0 Å². The Morgan fingerprint density at radius 1 is 1.04 bits per heavy atom. The third-order valence-corrected chi connectivity index (χ3v) is 4.85. The number of aromatic hydroxyl groups is 3. The van der Waals surface area contributed by atoms with Gasteiger partial charge in [-0.3, -0.25) is 0 Å². The molecule has 0 fully saturated rings.